The molecule has 4 heteroatoms. The number of nitrogens with zero attached hydrogens (tertiary/aromatic N) is 4. The topological polar surface area (TPSA) is 54.5 Å². The van der Waals surface area contributed by atoms with Crippen molar-refractivity contribution in [3.8, 4) is 34.3 Å². The molecule has 0 saturated heterocycles. The molecule has 0 saturated carbocycles. The summed E-state index contributed by atoms with van der Waals surface area (Å²) in [6.45, 7) is 0. The van der Waals surface area contributed by atoms with Crippen molar-refractivity contribution in [2.45, 2.75) is 0 Å². The molecule has 49 heavy (non-hydrogen) atoms. The molecule has 10 aromatic rings. The summed E-state index contributed by atoms with van der Waals surface area (Å²) >= 11 is 0. The van der Waals surface area contributed by atoms with Crippen molar-refractivity contribution in [2.24, 2.45) is 0 Å². The first-order chi connectivity index (χ1) is 24.2. The number of aromatic nitrogens is 3. The van der Waals surface area contributed by atoms with Crippen LogP contribution in [0.4, 0.5) is 0 Å². The van der Waals surface area contributed by atoms with Crippen LogP contribution in [-0.2, 0) is 0 Å². The lowest BCUT2D eigenvalue weighted by molar-refractivity contribution is 1.08. The van der Waals surface area contributed by atoms with Crippen molar-refractivity contribution in [3.05, 3.63) is 163 Å². The minimum Gasteiger partial charge on any atom is -0.292 e. The van der Waals surface area contributed by atoms with Crippen LogP contribution in [0, 0.1) is 11.3 Å². The molecule has 0 bridgehead atoms. The molecule has 0 aliphatic carbocycles. The van der Waals surface area contributed by atoms with Crippen molar-refractivity contribution in [1.82, 2.24) is 14.5 Å². The van der Waals surface area contributed by atoms with E-state index in [0.717, 1.165) is 66.4 Å². The lowest BCUT2D eigenvalue weighted by Crippen LogP contribution is -2.04. The zero-order chi connectivity index (χ0) is 32.5. The summed E-state index contributed by atoms with van der Waals surface area (Å²) in [7, 11) is 0. The van der Waals surface area contributed by atoms with E-state index in [1.54, 1.807) is 0 Å². The molecular weight excluding hydrogens is 597 g/mol. The van der Waals surface area contributed by atoms with E-state index in [-0.39, 0.29) is 0 Å². The van der Waals surface area contributed by atoms with Gasteiger partial charge in [-0.15, -0.1) is 0 Å². The highest BCUT2D eigenvalue weighted by Gasteiger charge is 2.20. The smallest absolute Gasteiger partial charge is 0.165 e. The highest BCUT2D eigenvalue weighted by Crippen LogP contribution is 2.38. The first-order valence-electron chi connectivity index (χ1n) is 16.4. The van der Waals surface area contributed by atoms with E-state index >= 15 is 0 Å². The Labute approximate surface area is 281 Å². The fourth-order valence-electron chi connectivity index (χ4n) is 7.29. The maximum Gasteiger partial charge on any atom is 0.165 e. The van der Waals surface area contributed by atoms with Gasteiger partial charge >= 0.3 is 0 Å². The maximum absolute atomic E-state index is 9.47. The number of hydrogen-bond donors (Lipinski definition) is 0. The van der Waals surface area contributed by atoms with Crippen LogP contribution in [-0.4, -0.2) is 14.5 Å². The van der Waals surface area contributed by atoms with Gasteiger partial charge in [0.15, 0.2) is 5.82 Å². The van der Waals surface area contributed by atoms with Crippen LogP contribution >= 0.6 is 0 Å². The number of hydrogen-bond acceptors (Lipinski definition) is 3. The van der Waals surface area contributed by atoms with Crippen molar-refractivity contribution < 1.29 is 0 Å². The summed E-state index contributed by atoms with van der Waals surface area (Å²) in [5.74, 6) is 0.798. The Balaban J connectivity index is 1.26. The van der Waals surface area contributed by atoms with Crippen LogP contribution < -0.4 is 0 Å². The molecule has 226 valence electrons. The Hall–Kier alpha value is -6.83. The van der Waals surface area contributed by atoms with Gasteiger partial charge in [-0.3, -0.25) is 4.57 Å². The second-order valence-corrected chi connectivity index (χ2v) is 12.6. The molecule has 0 spiro atoms. The van der Waals surface area contributed by atoms with Crippen molar-refractivity contribution in [3.63, 3.8) is 0 Å². The number of nitriles is 1. The minimum absolute atomic E-state index is 0.652. The Morgan fingerprint density at radius 3 is 1.90 bits per heavy atom. The summed E-state index contributed by atoms with van der Waals surface area (Å²) in [6, 6.07) is 57.4. The second-order valence-electron chi connectivity index (χ2n) is 12.6. The van der Waals surface area contributed by atoms with Gasteiger partial charge in [0.1, 0.15) is 5.69 Å². The molecule has 0 unspecified atom stereocenters. The third-order valence-corrected chi connectivity index (χ3v) is 9.72. The Morgan fingerprint density at radius 2 is 1.06 bits per heavy atom. The second kappa shape index (κ2) is 10.6. The number of para-hydroxylation sites is 1. The summed E-state index contributed by atoms with van der Waals surface area (Å²) in [6.07, 6.45) is 0. The molecule has 0 aliphatic heterocycles. The highest BCUT2D eigenvalue weighted by molar-refractivity contribution is 6.14. The Kier molecular flexibility index (Phi) is 5.90. The number of rotatable bonds is 3. The van der Waals surface area contributed by atoms with E-state index in [1.165, 1.54) is 26.9 Å². The third-order valence-electron chi connectivity index (χ3n) is 9.72. The monoisotopic (exact) mass is 622 g/mol. The van der Waals surface area contributed by atoms with Gasteiger partial charge < -0.3 is 0 Å². The van der Waals surface area contributed by atoms with Gasteiger partial charge in [0.2, 0.25) is 0 Å². The van der Waals surface area contributed by atoms with Crippen LogP contribution in [0.15, 0.2) is 158 Å². The normalized spacial score (nSPS) is 11.7. The summed E-state index contributed by atoms with van der Waals surface area (Å²) in [4.78, 5) is 10.9. The molecule has 0 aliphatic rings. The average Bonchev–Trinajstić information content (AvgIpc) is 3.48. The van der Waals surface area contributed by atoms with Gasteiger partial charge in [0.05, 0.1) is 33.7 Å². The van der Waals surface area contributed by atoms with Gasteiger partial charge in [-0.1, -0.05) is 103 Å². The summed E-state index contributed by atoms with van der Waals surface area (Å²) in [5.41, 5.74) is 8.43. The van der Waals surface area contributed by atoms with E-state index in [0.29, 0.717) is 5.56 Å². The lowest BCUT2D eigenvalue weighted by Gasteiger charge is -2.15. The van der Waals surface area contributed by atoms with Crippen LogP contribution in [0.25, 0.3) is 93.4 Å². The Morgan fingerprint density at radius 1 is 0.429 bits per heavy atom. The van der Waals surface area contributed by atoms with Crippen LogP contribution in [0.3, 0.4) is 0 Å². The predicted octanol–water partition coefficient (Wildman–Crippen LogP) is 11.4. The summed E-state index contributed by atoms with van der Waals surface area (Å²) < 4.78 is 2.29. The standard InChI is InChI=1S/C45H26N4/c46-27-28-13-14-30-15-17-34(23-37(30)21-28)35-19-20-40-41(25-35)47-44(36-18-16-29-7-1-2-8-31(29)22-36)45(48-40)49-42-12-6-5-11-38(42)39-24-32-9-3-4-10-33(32)26-43(39)49/h1-26H. The first kappa shape index (κ1) is 27.3. The Bertz CT molecular complexity index is 3020. The maximum atomic E-state index is 9.47. The van der Waals surface area contributed by atoms with E-state index < -0.39 is 0 Å². The molecule has 0 radical (unpaired) electrons. The SMILES string of the molecule is N#Cc1ccc2ccc(-c3ccc4nc(-n5c6ccccc6c6cc7ccccc7cc65)c(-c5ccc6ccccc6c5)nc4c3)cc2c1. The molecular formula is C45H26N4. The predicted molar refractivity (Wildman–Crippen MR) is 202 cm³/mol. The molecule has 2 heterocycles. The van der Waals surface area contributed by atoms with Crippen LogP contribution in [0.1, 0.15) is 5.56 Å². The average molecular weight is 623 g/mol. The van der Waals surface area contributed by atoms with Gasteiger partial charge in [0.25, 0.3) is 0 Å². The summed E-state index contributed by atoms with van der Waals surface area (Å²) in [5, 5.41) is 18.7. The molecule has 0 atom stereocenters. The minimum atomic E-state index is 0.652. The van der Waals surface area contributed by atoms with E-state index in [1.807, 2.05) is 18.2 Å². The molecule has 0 fully saturated rings. The first-order valence-corrected chi connectivity index (χ1v) is 16.4. The quantitative estimate of drug-likeness (QED) is 0.197. The molecule has 0 amide bonds. The van der Waals surface area contributed by atoms with E-state index in [9.17, 15) is 5.26 Å². The van der Waals surface area contributed by atoms with Crippen molar-refractivity contribution in [2.75, 3.05) is 0 Å². The lowest BCUT2D eigenvalue weighted by atomic mass is 9.99. The van der Waals surface area contributed by atoms with Gasteiger partial charge in [0, 0.05) is 16.3 Å². The van der Waals surface area contributed by atoms with Crippen LogP contribution in [0.2, 0.25) is 0 Å². The fraction of sp³-hybridized carbons (Fsp3) is 0. The molecule has 10 rings (SSSR count). The molecule has 0 N–H and O–H groups in total. The van der Waals surface area contributed by atoms with Gasteiger partial charge in [-0.05, 0) is 98.0 Å². The molecule has 8 aromatic carbocycles. The molecule has 2 aromatic heterocycles. The van der Waals surface area contributed by atoms with Crippen molar-refractivity contribution in [1.29, 1.82) is 5.26 Å². The largest absolute Gasteiger partial charge is 0.292 e. The molecule has 4 nitrogen and oxygen atoms in total. The zero-order valence-corrected chi connectivity index (χ0v) is 26.3. The zero-order valence-electron chi connectivity index (χ0n) is 26.3. The van der Waals surface area contributed by atoms with Gasteiger partial charge in [-0.2, -0.15) is 5.26 Å². The van der Waals surface area contributed by atoms with Crippen molar-refractivity contribution >= 4 is 65.2 Å². The number of benzene rings is 8. The van der Waals surface area contributed by atoms with Gasteiger partial charge in [-0.25, -0.2) is 9.97 Å². The van der Waals surface area contributed by atoms with E-state index in [4.69, 9.17) is 9.97 Å². The van der Waals surface area contributed by atoms with Crippen LogP contribution in [0.5, 0.6) is 0 Å². The third kappa shape index (κ3) is 4.37. The van der Waals surface area contributed by atoms with E-state index in [2.05, 4.69) is 150 Å². The number of fused-ring (bicyclic) bond motifs is 7. The highest BCUT2D eigenvalue weighted by atomic mass is 15.1. The fourth-order valence-corrected chi connectivity index (χ4v) is 7.29.